The Kier molecular flexibility index (Phi) is 8.78. The van der Waals surface area contributed by atoms with Crippen LogP contribution in [-0.2, 0) is 4.74 Å². The van der Waals surface area contributed by atoms with Crippen molar-refractivity contribution in [3.63, 3.8) is 0 Å². The summed E-state index contributed by atoms with van der Waals surface area (Å²) in [5, 5.41) is 3.23. The van der Waals surface area contributed by atoms with Crippen LogP contribution in [0.15, 0.2) is 18.2 Å². The number of ether oxygens (including phenoxy) is 1. The van der Waals surface area contributed by atoms with Crippen molar-refractivity contribution < 1.29 is 9.53 Å². The summed E-state index contributed by atoms with van der Waals surface area (Å²) in [6.45, 7) is 6.27. The van der Waals surface area contributed by atoms with E-state index in [0.29, 0.717) is 12.2 Å². The van der Waals surface area contributed by atoms with Crippen LogP contribution >= 0.6 is 0 Å². The van der Waals surface area contributed by atoms with E-state index in [4.69, 9.17) is 10.5 Å². The standard InChI is InChI=1S/C18H26N2O2/c1-3-5-6-7-9-15-10-11-17(16(14-15)18(19)21)20-12-8-13-22-4-2/h10-11,14,20H,3-6,8,12-13H2,1-2H3,(H2,19,21). The second-order valence-electron chi connectivity index (χ2n) is 5.01. The molecular weight excluding hydrogens is 276 g/mol. The second kappa shape index (κ2) is 10.7. The fraction of sp³-hybridized carbons (Fsp3) is 0.500. The van der Waals surface area contributed by atoms with E-state index in [0.717, 1.165) is 50.1 Å². The normalized spacial score (nSPS) is 9.91. The molecule has 0 aliphatic heterocycles. The zero-order valence-electron chi connectivity index (χ0n) is 13.6. The first-order valence-corrected chi connectivity index (χ1v) is 7.93. The van der Waals surface area contributed by atoms with Gasteiger partial charge in [0, 0.05) is 37.4 Å². The van der Waals surface area contributed by atoms with Crippen LogP contribution in [0, 0.1) is 11.8 Å². The average Bonchev–Trinajstić information content (AvgIpc) is 2.52. The number of benzene rings is 1. The summed E-state index contributed by atoms with van der Waals surface area (Å²) in [4.78, 5) is 11.6. The highest BCUT2D eigenvalue weighted by atomic mass is 16.5. The molecule has 4 heteroatoms. The zero-order valence-corrected chi connectivity index (χ0v) is 13.6. The van der Waals surface area contributed by atoms with Crippen LogP contribution in [0.5, 0.6) is 0 Å². The summed E-state index contributed by atoms with van der Waals surface area (Å²) in [6.07, 6.45) is 3.98. The minimum Gasteiger partial charge on any atom is -0.384 e. The summed E-state index contributed by atoms with van der Waals surface area (Å²) in [7, 11) is 0. The largest absolute Gasteiger partial charge is 0.384 e. The van der Waals surface area contributed by atoms with Crippen LogP contribution in [0.4, 0.5) is 5.69 Å². The van der Waals surface area contributed by atoms with Crippen LogP contribution in [0.1, 0.15) is 55.5 Å². The van der Waals surface area contributed by atoms with Gasteiger partial charge in [0.05, 0.1) is 5.56 Å². The van der Waals surface area contributed by atoms with Crippen LogP contribution in [0.2, 0.25) is 0 Å². The van der Waals surface area contributed by atoms with E-state index in [1.54, 1.807) is 6.07 Å². The number of hydrogen-bond acceptors (Lipinski definition) is 3. The molecule has 1 amide bonds. The van der Waals surface area contributed by atoms with Gasteiger partial charge in [-0.3, -0.25) is 4.79 Å². The molecule has 0 atom stereocenters. The van der Waals surface area contributed by atoms with Gasteiger partial charge in [-0.25, -0.2) is 0 Å². The van der Waals surface area contributed by atoms with Crippen molar-refractivity contribution in [3.05, 3.63) is 29.3 Å². The Morgan fingerprint density at radius 1 is 1.32 bits per heavy atom. The number of primary amides is 1. The molecule has 0 bridgehead atoms. The Bertz CT molecular complexity index is 530. The summed E-state index contributed by atoms with van der Waals surface area (Å²) < 4.78 is 5.28. The quantitative estimate of drug-likeness (QED) is 0.544. The molecule has 1 aromatic rings. The Morgan fingerprint density at radius 3 is 2.82 bits per heavy atom. The van der Waals surface area contributed by atoms with E-state index in [1.807, 2.05) is 19.1 Å². The maximum absolute atomic E-state index is 11.6. The second-order valence-corrected chi connectivity index (χ2v) is 5.01. The van der Waals surface area contributed by atoms with Gasteiger partial charge in [-0.05, 0) is 38.0 Å². The number of unbranched alkanes of at least 4 members (excludes halogenated alkanes) is 2. The number of anilines is 1. The molecule has 4 nitrogen and oxygen atoms in total. The van der Waals surface area contributed by atoms with Gasteiger partial charge in [-0.1, -0.05) is 25.2 Å². The van der Waals surface area contributed by atoms with Gasteiger partial charge >= 0.3 is 0 Å². The van der Waals surface area contributed by atoms with Crippen molar-refractivity contribution in [2.24, 2.45) is 5.73 Å². The Balaban J connectivity index is 2.68. The lowest BCUT2D eigenvalue weighted by molar-refractivity contribution is 0.100. The number of carbonyl (C=O) groups is 1. The molecule has 0 saturated heterocycles. The van der Waals surface area contributed by atoms with Crippen molar-refractivity contribution in [2.75, 3.05) is 25.1 Å². The van der Waals surface area contributed by atoms with Crippen molar-refractivity contribution in [3.8, 4) is 11.8 Å². The predicted molar refractivity (Wildman–Crippen MR) is 91.0 cm³/mol. The fourth-order valence-corrected chi connectivity index (χ4v) is 1.95. The fourth-order valence-electron chi connectivity index (χ4n) is 1.95. The smallest absolute Gasteiger partial charge is 0.250 e. The van der Waals surface area contributed by atoms with Gasteiger partial charge in [0.2, 0.25) is 0 Å². The first kappa shape index (κ1) is 18.1. The van der Waals surface area contributed by atoms with Crippen LogP contribution in [0.3, 0.4) is 0 Å². The molecule has 0 aliphatic carbocycles. The van der Waals surface area contributed by atoms with Gasteiger partial charge < -0.3 is 15.8 Å². The number of carbonyl (C=O) groups excluding carboxylic acids is 1. The molecule has 3 N–H and O–H groups in total. The van der Waals surface area contributed by atoms with E-state index in [2.05, 4.69) is 24.1 Å². The molecule has 1 rings (SSSR count). The van der Waals surface area contributed by atoms with Crippen LogP contribution in [-0.4, -0.2) is 25.7 Å². The van der Waals surface area contributed by atoms with Crippen molar-refractivity contribution in [2.45, 2.75) is 39.5 Å². The summed E-state index contributed by atoms with van der Waals surface area (Å²) in [6, 6.07) is 5.53. The minimum absolute atomic E-state index is 0.440. The van der Waals surface area contributed by atoms with Crippen LogP contribution in [0.25, 0.3) is 0 Å². The van der Waals surface area contributed by atoms with Gasteiger partial charge in [-0.2, -0.15) is 0 Å². The molecular formula is C18H26N2O2. The van der Waals surface area contributed by atoms with E-state index >= 15 is 0 Å². The lowest BCUT2D eigenvalue weighted by Gasteiger charge is -2.10. The third kappa shape index (κ3) is 6.64. The summed E-state index contributed by atoms with van der Waals surface area (Å²) in [5.74, 6) is 5.76. The Labute approximate surface area is 133 Å². The molecule has 0 fully saturated rings. The zero-order chi connectivity index (χ0) is 16.2. The molecule has 0 unspecified atom stereocenters. The highest BCUT2D eigenvalue weighted by Crippen LogP contribution is 2.17. The molecule has 22 heavy (non-hydrogen) atoms. The third-order valence-corrected chi connectivity index (χ3v) is 3.16. The Hall–Kier alpha value is -1.99. The highest BCUT2D eigenvalue weighted by Gasteiger charge is 2.08. The molecule has 0 aromatic heterocycles. The van der Waals surface area contributed by atoms with Crippen molar-refractivity contribution in [1.82, 2.24) is 0 Å². The van der Waals surface area contributed by atoms with Crippen molar-refractivity contribution >= 4 is 11.6 Å². The van der Waals surface area contributed by atoms with Crippen LogP contribution < -0.4 is 11.1 Å². The first-order valence-electron chi connectivity index (χ1n) is 7.93. The molecule has 0 aliphatic rings. The third-order valence-electron chi connectivity index (χ3n) is 3.16. The average molecular weight is 302 g/mol. The first-order chi connectivity index (χ1) is 10.7. The summed E-state index contributed by atoms with van der Waals surface area (Å²) >= 11 is 0. The number of rotatable bonds is 9. The van der Waals surface area contributed by atoms with Gasteiger partial charge in [0.25, 0.3) is 5.91 Å². The van der Waals surface area contributed by atoms with E-state index < -0.39 is 5.91 Å². The molecule has 0 spiro atoms. The SMILES string of the molecule is CCCCC#Cc1ccc(NCCCOCC)c(C(N)=O)c1. The molecule has 0 heterocycles. The molecule has 0 saturated carbocycles. The predicted octanol–water partition coefficient (Wildman–Crippen LogP) is 3.17. The van der Waals surface area contributed by atoms with Gasteiger partial charge in [0.15, 0.2) is 0 Å². The minimum atomic E-state index is -0.440. The lowest BCUT2D eigenvalue weighted by atomic mass is 10.1. The number of amides is 1. The number of hydrogen-bond donors (Lipinski definition) is 2. The Morgan fingerprint density at radius 2 is 2.14 bits per heavy atom. The van der Waals surface area contributed by atoms with E-state index in [9.17, 15) is 4.79 Å². The van der Waals surface area contributed by atoms with E-state index in [-0.39, 0.29) is 0 Å². The molecule has 0 radical (unpaired) electrons. The maximum Gasteiger partial charge on any atom is 0.250 e. The summed E-state index contributed by atoms with van der Waals surface area (Å²) in [5.41, 5.74) is 7.52. The number of nitrogens with one attached hydrogen (secondary N) is 1. The van der Waals surface area contributed by atoms with E-state index in [1.165, 1.54) is 0 Å². The van der Waals surface area contributed by atoms with Gasteiger partial charge in [-0.15, -0.1) is 0 Å². The van der Waals surface area contributed by atoms with Gasteiger partial charge in [0.1, 0.15) is 0 Å². The molecule has 120 valence electrons. The van der Waals surface area contributed by atoms with Crippen molar-refractivity contribution in [1.29, 1.82) is 0 Å². The lowest BCUT2D eigenvalue weighted by Crippen LogP contribution is -2.15. The maximum atomic E-state index is 11.6. The highest BCUT2D eigenvalue weighted by molar-refractivity contribution is 5.98. The molecule has 1 aromatic carbocycles. The topological polar surface area (TPSA) is 64.3 Å². The monoisotopic (exact) mass is 302 g/mol. The number of nitrogens with two attached hydrogens (primary N) is 1.